The summed E-state index contributed by atoms with van der Waals surface area (Å²) in [4.78, 5) is 14.1. The van der Waals surface area contributed by atoms with Crippen LogP contribution in [0.2, 0.25) is 0 Å². The highest BCUT2D eigenvalue weighted by molar-refractivity contribution is 7.89. The summed E-state index contributed by atoms with van der Waals surface area (Å²) in [7, 11) is -3.76. The second-order valence-electron chi connectivity index (χ2n) is 4.60. The summed E-state index contributed by atoms with van der Waals surface area (Å²) in [5.74, 6) is -0.143. The summed E-state index contributed by atoms with van der Waals surface area (Å²) in [5.41, 5.74) is 1.06. The van der Waals surface area contributed by atoms with Gasteiger partial charge in [0.05, 0.1) is 11.5 Å². The van der Waals surface area contributed by atoms with Crippen LogP contribution in [0, 0.1) is 6.92 Å². The van der Waals surface area contributed by atoms with Crippen molar-refractivity contribution in [2.24, 2.45) is 5.14 Å². The molecule has 0 aliphatic rings. The van der Waals surface area contributed by atoms with Gasteiger partial charge in [0.1, 0.15) is 0 Å². The smallest absolute Gasteiger partial charge is 0.254 e. The molecule has 0 saturated heterocycles. The molecule has 118 valence electrons. The first kappa shape index (κ1) is 17.6. The summed E-state index contributed by atoms with van der Waals surface area (Å²) in [5, 5.41) is 5.08. The van der Waals surface area contributed by atoms with Crippen LogP contribution in [-0.2, 0) is 14.8 Å². The van der Waals surface area contributed by atoms with Crippen LogP contribution < -0.4 is 5.14 Å². The van der Waals surface area contributed by atoms with Crippen molar-refractivity contribution in [2.75, 3.05) is 26.3 Å². The van der Waals surface area contributed by atoms with Crippen LogP contribution in [0.5, 0.6) is 0 Å². The number of likely N-dealkylation sites (N-methyl/N-ethyl adjacent to an activating group) is 1. The van der Waals surface area contributed by atoms with Crippen molar-refractivity contribution in [1.29, 1.82) is 0 Å². The number of nitrogens with zero attached hydrogens (tertiary/aromatic N) is 1. The second-order valence-corrected chi connectivity index (χ2v) is 6.16. The summed E-state index contributed by atoms with van der Waals surface area (Å²) in [6.45, 7) is 7.62. The molecule has 0 bridgehead atoms. The largest absolute Gasteiger partial charge is 0.380 e. The number of rotatable bonds is 7. The topological polar surface area (TPSA) is 89.7 Å². The molecule has 1 aromatic carbocycles. The monoisotopic (exact) mass is 314 g/mol. The minimum absolute atomic E-state index is 0.00825. The van der Waals surface area contributed by atoms with Gasteiger partial charge in [-0.25, -0.2) is 13.6 Å². The van der Waals surface area contributed by atoms with E-state index in [2.05, 4.69) is 0 Å². The Bertz CT molecular complexity index is 599. The highest BCUT2D eigenvalue weighted by atomic mass is 32.2. The number of nitrogens with two attached hydrogens (primary N) is 1. The first-order valence-corrected chi connectivity index (χ1v) is 8.36. The first-order valence-electron chi connectivity index (χ1n) is 6.81. The molecule has 0 atom stereocenters. The van der Waals surface area contributed by atoms with E-state index in [1.165, 1.54) is 18.2 Å². The molecule has 0 aliphatic heterocycles. The lowest BCUT2D eigenvalue weighted by Crippen LogP contribution is -2.34. The molecule has 0 saturated carbocycles. The van der Waals surface area contributed by atoms with Gasteiger partial charge in [0.25, 0.3) is 5.91 Å². The summed E-state index contributed by atoms with van der Waals surface area (Å²) < 4.78 is 27.8. The average Bonchev–Trinajstić information content (AvgIpc) is 2.42. The summed E-state index contributed by atoms with van der Waals surface area (Å²) >= 11 is 0. The number of carbonyl (C=O) groups is 1. The third-order valence-electron chi connectivity index (χ3n) is 3.14. The van der Waals surface area contributed by atoms with E-state index in [4.69, 9.17) is 9.88 Å². The Hall–Kier alpha value is -1.44. The van der Waals surface area contributed by atoms with Gasteiger partial charge in [0.2, 0.25) is 10.0 Å². The Balaban J connectivity index is 2.96. The molecule has 1 amide bonds. The molecule has 6 nitrogen and oxygen atoms in total. The molecule has 0 heterocycles. The maximum absolute atomic E-state index is 12.4. The zero-order valence-electron chi connectivity index (χ0n) is 12.6. The number of amides is 1. The Morgan fingerprint density at radius 2 is 2.00 bits per heavy atom. The number of benzene rings is 1. The molecule has 0 spiro atoms. The molecular formula is C14H22N2O4S. The molecule has 2 N–H and O–H groups in total. The number of sulfonamides is 1. The number of ether oxygens (including phenoxy) is 1. The number of carbonyl (C=O) groups excluding carboxylic acids is 1. The Labute approximate surface area is 125 Å². The van der Waals surface area contributed by atoms with Crippen molar-refractivity contribution in [3.05, 3.63) is 29.3 Å². The number of hydrogen-bond donors (Lipinski definition) is 1. The van der Waals surface area contributed by atoms with Gasteiger partial charge in [-0.05, 0) is 44.5 Å². The van der Waals surface area contributed by atoms with Crippen molar-refractivity contribution < 1.29 is 17.9 Å². The van der Waals surface area contributed by atoms with Gasteiger partial charge in [0, 0.05) is 25.3 Å². The highest BCUT2D eigenvalue weighted by Gasteiger charge is 2.18. The van der Waals surface area contributed by atoms with Crippen molar-refractivity contribution in [2.45, 2.75) is 25.7 Å². The van der Waals surface area contributed by atoms with E-state index in [9.17, 15) is 13.2 Å². The SMILES string of the molecule is CCOCCN(CC)C(=O)c1ccc(S(N)(=O)=O)cc1C. The van der Waals surface area contributed by atoms with E-state index in [0.29, 0.717) is 37.4 Å². The van der Waals surface area contributed by atoms with E-state index in [1.807, 2.05) is 13.8 Å². The van der Waals surface area contributed by atoms with Gasteiger partial charge in [-0.2, -0.15) is 0 Å². The third-order valence-corrected chi connectivity index (χ3v) is 4.05. The summed E-state index contributed by atoms with van der Waals surface area (Å²) in [6.07, 6.45) is 0. The average molecular weight is 314 g/mol. The van der Waals surface area contributed by atoms with Gasteiger partial charge in [-0.1, -0.05) is 0 Å². The van der Waals surface area contributed by atoms with Crippen LogP contribution in [0.25, 0.3) is 0 Å². The van der Waals surface area contributed by atoms with Crippen LogP contribution in [0.3, 0.4) is 0 Å². The Morgan fingerprint density at radius 1 is 1.33 bits per heavy atom. The number of aryl methyl sites for hydroxylation is 1. The minimum atomic E-state index is -3.76. The predicted octanol–water partition coefficient (Wildman–Crippen LogP) is 1.14. The molecule has 0 aromatic heterocycles. The lowest BCUT2D eigenvalue weighted by atomic mass is 10.1. The van der Waals surface area contributed by atoms with Crippen molar-refractivity contribution >= 4 is 15.9 Å². The van der Waals surface area contributed by atoms with E-state index < -0.39 is 10.0 Å². The van der Waals surface area contributed by atoms with Crippen molar-refractivity contribution in [3.8, 4) is 0 Å². The maximum Gasteiger partial charge on any atom is 0.254 e. The standard InChI is InChI=1S/C14H22N2O4S/c1-4-16(8-9-20-5-2)14(17)13-7-6-12(10-11(13)3)21(15,18)19/h6-7,10H,4-5,8-9H2,1-3H3,(H2,15,18,19). The summed E-state index contributed by atoms with van der Waals surface area (Å²) in [6, 6.07) is 4.27. The third kappa shape index (κ3) is 4.80. The van der Waals surface area contributed by atoms with Crippen LogP contribution in [0.15, 0.2) is 23.1 Å². The zero-order chi connectivity index (χ0) is 16.0. The fourth-order valence-corrected chi connectivity index (χ4v) is 2.54. The zero-order valence-corrected chi connectivity index (χ0v) is 13.4. The van der Waals surface area contributed by atoms with Gasteiger partial charge in [-0.3, -0.25) is 4.79 Å². The fraction of sp³-hybridized carbons (Fsp3) is 0.500. The highest BCUT2D eigenvalue weighted by Crippen LogP contribution is 2.16. The van der Waals surface area contributed by atoms with Crippen LogP contribution in [0.4, 0.5) is 0 Å². The normalized spacial score (nSPS) is 11.4. The van der Waals surface area contributed by atoms with Gasteiger partial charge < -0.3 is 9.64 Å². The van der Waals surface area contributed by atoms with E-state index >= 15 is 0 Å². The molecule has 0 radical (unpaired) electrons. The van der Waals surface area contributed by atoms with Crippen molar-refractivity contribution in [3.63, 3.8) is 0 Å². The first-order chi connectivity index (χ1) is 9.81. The molecule has 1 aromatic rings. The molecule has 1 rings (SSSR count). The quantitative estimate of drug-likeness (QED) is 0.764. The van der Waals surface area contributed by atoms with Gasteiger partial charge >= 0.3 is 0 Å². The van der Waals surface area contributed by atoms with Gasteiger partial charge in [0.15, 0.2) is 0 Å². The van der Waals surface area contributed by atoms with E-state index in [-0.39, 0.29) is 10.8 Å². The molecular weight excluding hydrogens is 292 g/mol. The Morgan fingerprint density at radius 3 is 2.48 bits per heavy atom. The van der Waals surface area contributed by atoms with Gasteiger partial charge in [-0.15, -0.1) is 0 Å². The van der Waals surface area contributed by atoms with Crippen molar-refractivity contribution in [1.82, 2.24) is 4.90 Å². The van der Waals surface area contributed by atoms with Crippen LogP contribution in [-0.4, -0.2) is 45.5 Å². The number of primary sulfonamides is 1. The van der Waals surface area contributed by atoms with E-state index in [0.717, 1.165) is 0 Å². The molecule has 0 unspecified atom stereocenters. The Kier molecular flexibility index (Phi) is 6.32. The minimum Gasteiger partial charge on any atom is -0.380 e. The number of hydrogen-bond acceptors (Lipinski definition) is 4. The van der Waals surface area contributed by atoms with Crippen LogP contribution >= 0.6 is 0 Å². The molecule has 7 heteroatoms. The van der Waals surface area contributed by atoms with E-state index in [1.54, 1.807) is 11.8 Å². The fourth-order valence-electron chi connectivity index (χ4n) is 1.95. The predicted molar refractivity (Wildman–Crippen MR) is 80.6 cm³/mol. The molecule has 0 fully saturated rings. The lowest BCUT2D eigenvalue weighted by Gasteiger charge is -2.21. The lowest BCUT2D eigenvalue weighted by molar-refractivity contribution is 0.0668. The maximum atomic E-state index is 12.4. The second kappa shape index (κ2) is 7.53. The molecule has 21 heavy (non-hydrogen) atoms. The van der Waals surface area contributed by atoms with Crippen LogP contribution in [0.1, 0.15) is 29.8 Å². The molecule has 0 aliphatic carbocycles.